The molecule has 0 radical (unpaired) electrons. The molecule has 1 aromatic heterocycles. The second-order valence-electron chi connectivity index (χ2n) is 4.10. The fraction of sp³-hybridized carbons (Fsp3) is 0.0667. The molecular formula is C15H14N2O2S. The van der Waals surface area contributed by atoms with Crippen molar-refractivity contribution < 1.29 is 9.59 Å². The summed E-state index contributed by atoms with van der Waals surface area (Å²) in [6.07, 6.45) is 3.26. The molecule has 2 aromatic rings. The molecule has 2 rings (SSSR count). The van der Waals surface area contributed by atoms with Gasteiger partial charge in [-0.2, -0.15) is 0 Å². The molecule has 2 amide bonds. The first-order valence-corrected chi connectivity index (χ1v) is 6.92. The Hall–Kier alpha value is -2.40. The monoisotopic (exact) mass is 286 g/mol. The van der Waals surface area contributed by atoms with Crippen LogP contribution in [0.2, 0.25) is 0 Å². The molecule has 1 aromatic carbocycles. The smallest absolute Gasteiger partial charge is 0.248 e. The molecule has 4 nitrogen and oxygen atoms in total. The molecule has 102 valence electrons. The second-order valence-corrected chi connectivity index (χ2v) is 5.08. The lowest BCUT2D eigenvalue weighted by Crippen LogP contribution is -2.08. The lowest BCUT2D eigenvalue weighted by molar-refractivity contribution is -0.114. The third-order valence-electron chi connectivity index (χ3n) is 2.41. The van der Waals surface area contributed by atoms with Crippen molar-refractivity contribution in [3.63, 3.8) is 0 Å². The largest absolute Gasteiger partial charge is 0.326 e. The maximum atomic E-state index is 11.7. The number of hydrogen-bond donors (Lipinski definition) is 2. The fourth-order valence-corrected chi connectivity index (χ4v) is 2.19. The van der Waals surface area contributed by atoms with Crippen LogP contribution in [0.5, 0.6) is 0 Å². The van der Waals surface area contributed by atoms with Crippen LogP contribution in [0.3, 0.4) is 0 Å². The average Bonchev–Trinajstić information content (AvgIpc) is 2.91. The highest BCUT2D eigenvalue weighted by atomic mass is 32.1. The van der Waals surface area contributed by atoms with Crippen LogP contribution in [0.15, 0.2) is 47.9 Å². The number of benzene rings is 1. The van der Waals surface area contributed by atoms with Gasteiger partial charge in [-0.05, 0) is 41.8 Å². The number of anilines is 2. The summed E-state index contributed by atoms with van der Waals surface area (Å²) in [4.78, 5) is 23.6. The highest BCUT2D eigenvalue weighted by Crippen LogP contribution is 2.14. The number of nitrogens with one attached hydrogen (secondary N) is 2. The van der Waals surface area contributed by atoms with Crippen LogP contribution in [0.1, 0.15) is 11.8 Å². The van der Waals surface area contributed by atoms with Crippen LogP contribution in [-0.2, 0) is 9.59 Å². The predicted molar refractivity (Wildman–Crippen MR) is 82.7 cm³/mol. The van der Waals surface area contributed by atoms with Crippen LogP contribution >= 0.6 is 11.3 Å². The Labute approximate surface area is 121 Å². The summed E-state index contributed by atoms with van der Waals surface area (Å²) >= 11 is 1.57. The number of carbonyl (C=O) groups is 2. The quantitative estimate of drug-likeness (QED) is 0.847. The van der Waals surface area contributed by atoms with E-state index in [1.54, 1.807) is 41.7 Å². The normalized spacial score (nSPS) is 10.4. The van der Waals surface area contributed by atoms with E-state index < -0.39 is 0 Å². The van der Waals surface area contributed by atoms with E-state index in [4.69, 9.17) is 0 Å². The third-order valence-corrected chi connectivity index (χ3v) is 3.25. The molecule has 0 saturated carbocycles. The Morgan fingerprint density at radius 3 is 2.25 bits per heavy atom. The van der Waals surface area contributed by atoms with Crippen molar-refractivity contribution in [1.82, 2.24) is 0 Å². The molecule has 0 aliphatic rings. The lowest BCUT2D eigenvalue weighted by Gasteiger charge is -2.04. The fourth-order valence-electron chi connectivity index (χ4n) is 1.57. The van der Waals surface area contributed by atoms with Gasteiger partial charge in [-0.3, -0.25) is 9.59 Å². The van der Waals surface area contributed by atoms with E-state index in [0.717, 1.165) is 4.88 Å². The highest BCUT2D eigenvalue weighted by Gasteiger charge is 1.99. The van der Waals surface area contributed by atoms with Crippen LogP contribution in [-0.4, -0.2) is 11.8 Å². The first kappa shape index (κ1) is 14.0. The maximum Gasteiger partial charge on any atom is 0.248 e. The molecule has 20 heavy (non-hydrogen) atoms. The summed E-state index contributed by atoms with van der Waals surface area (Å²) in [7, 11) is 0. The Morgan fingerprint density at radius 1 is 1.05 bits per heavy atom. The number of carbonyl (C=O) groups excluding carboxylic acids is 2. The maximum absolute atomic E-state index is 11.7. The first-order chi connectivity index (χ1) is 9.63. The summed E-state index contributed by atoms with van der Waals surface area (Å²) in [6.45, 7) is 1.45. The zero-order valence-corrected chi connectivity index (χ0v) is 11.7. The molecular weight excluding hydrogens is 272 g/mol. The van der Waals surface area contributed by atoms with Crippen molar-refractivity contribution in [2.45, 2.75) is 6.92 Å². The third kappa shape index (κ3) is 4.37. The summed E-state index contributed by atoms with van der Waals surface area (Å²) in [5, 5.41) is 7.37. The van der Waals surface area contributed by atoms with Gasteiger partial charge in [0.2, 0.25) is 11.8 Å². The molecule has 5 heteroatoms. The van der Waals surface area contributed by atoms with Gasteiger partial charge in [-0.25, -0.2) is 0 Å². The van der Waals surface area contributed by atoms with Gasteiger partial charge in [-0.15, -0.1) is 11.3 Å². The van der Waals surface area contributed by atoms with Crippen LogP contribution in [0.25, 0.3) is 6.08 Å². The van der Waals surface area contributed by atoms with E-state index in [2.05, 4.69) is 10.6 Å². The second kappa shape index (κ2) is 6.68. The molecule has 2 N–H and O–H groups in total. The molecule has 0 bridgehead atoms. The molecule has 0 saturated heterocycles. The van der Waals surface area contributed by atoms with Crippen molar-refractivity contribution in [3.05, 3.63) is 52.7 Å². The van der Waals surface area contributed by atoms with E-state index in [-0.39, 0.29) is 11.8 Å². The average molecular weight is 286 g/mol. The number of rotatable bonds is 4. The Balaban J connectivity index is 1.92. The molecule has 0 atom stereocenters. The summed E-state index contributed by atoms with van der Waals surface area (Å²) < 4.78 is 0. The van der Waals surface area contributed by atoms with Gasteiger partial charge >= 0.3 is 0 Å². The minimum absolute atomic E-state index is 0.124. The number of amides is 2. The van der Waals surface area contributed by atoms with Crippen molar-refractivity contribution in [1.29, 1.82) is 0 Å². The van der Waals surface area contributed by atoms with Gasteiger partial charge in [0.05, 0.1) is 0 Å². The summed E-state index contributed by atoms with van der Waals surface area (Å²) in [5.41, 5.74) is 1.38. The zero-order valence-electron chi connectivity index (χ0n) is 10.9. The zero-order chi connectivity index (χ0) is 14.4. The van der Waals surface area contributed by atoms with E-state index in [0.29, 0.717) is 11.4 Å². The topological polar surface area (TPSA) is 58.2 Å². The van der Waals surface area contributed by atoms with Crippen molar-refractivity contribution in [2.24, 2.45) is 0 Å². The predicted octanol–water partition coefficient (Wildman–Crippen LogP) is 3.36. The Bertz CT molecular complexity index is 616. The van der Waals surface area contributed by atoms with Crippen molar-refractivity contribution in [3.8, 4) is 0 Å². The minimum Gasteiger partial charge on any atom is -0.326 e. The van der Waals surface area contributed by atoms with Crippen molar-refractivity contribution in [2.75, 3.05) is 10.6 Å². The van der Waals surface area contributed by atoms with Gasteiger partial charge in [0.25, 0.3) is 0 Å². The molecule has 0 spiro atoms. The van der Waals surface area contributed by atoms with Gasteiger partial charge in [0.1, 0.15) is 0 Å². The Morgan fingerprint density at radius 2 is 1.70 bits per heavy atom. The molecule has 0 fully saturated rings. The van der Waals surface area contributed by atoms with Crippen LogP contribution in [0, 0.1) is 0 Å². The van der Waals surface area contributed by atoms with E-state index in [9.17, 15) is 9.59 Å². The highest BCUT2D eigenvalue weighted by molar-refractivity contribution is 7.10. The van der Waals surface area contributed by atoms with Gasteiger partial charge in [0.15, 0.2) is 0 Å². The number of hydrogen-bond acceptors (Lipinski definition) is 3. The minimum atomic E-state index is -0.189. The number of thiophene rings is 1. The van der Waals surface area contributed by atoms with Crippen LogP contribution in [0.4, 0.5) is 11.4 Å². The molecule has 1 heterocycles. The van der Waals surface area contributed by atoms with Gasteiger partial charge in [0, 0.05) is 29.3 Å². The Kier molecular flexibility index (Phi) is 4.68. The lowest BCUT2D eigenvalue weighted by atomic mass is 10.2. The van der Waals surface area contributed by atoms with E-state index >= 15 is 0 Å². The van der Waals surface area contributed by atoms with Crippen molar-refractivity contribution >= 4 is 40.6 Å². The van der Waals surface area contributed by atoms with Gasteiger partial charge in [-0.1, -0.05) is 6.07 Å². The summed E-state index contributed by atoms with van der Waals surface area (Å²) in [6, 6.07) is 10.8. The van der Waals surface area contributed by atoms with E-state index in [1.165, 1.54) is 13.0 Å². The SMILES string of the molecule is CC(=O)Nc1ccc(NC(=O)/C=C/c2cccs2)cc1. The standard InChI is InChI=1S/C15H14N2O2S/c1-11(18)16-12-4-6-13(7-5-12)17-15(19)9-8-14-3-2-10-20-14/h2-10H,1H3,(H,16,18)(H,17,19)/b9-8+. The summed E-state index contributed by atoms with van der Waals surface area (Å²) in [5.74, 6) is -0.314. The molecule has 0 aliphatic heterocycles. The molecule has 0 aliphatic carbocycles. The van der Waals surface area contributed by atoms with E-state index in [1.807, 2.05) is 17.5 Å². The first-order valence-electron chi connectivity index (χ1n) is 6.04. The molecule has 0 unspecified atom stereocenters. The van der Waals surface area contributed by atoms with Crippen LogP contribution < -0.4 is 10.6 Å². The van der Waals surface area contributed by atoms with Gasteiger partial charge < -0.3 is 10.6 Å².